The molecule has 416 valence electrons. The van der Waals surface area contributed by atoms with Gasteiger partial charge in [0, 0.05) is 19.3 Å². The van der Waals surface area contributed by atoms with Crippen molar-refractivity contribution in [2.45, 2.75) is 263 Å². The predicted molar refractivity (Wildman–Crippen MR) is 294 cm³/mol. The Morgan fingerprint density at radius 2 is 0.904 bits per heavy atom. The predicted octanol–water partition coefficient (Wildman–Crippen LogP) is 14.3. The Hall–Kier alpha value is -4.10. The van der Waals surface area contributed by atoms with Crippen molar-refractivity contribution in [3.63, 3.8) is 0 Å². The summed E-state index contributed by atoms with van der Waals surface area (Å²) in [4.78, 5) is 51.0. The Labute approximate surface area is 441 Å². The summed E-state index contributed by atoms with van der Waals surface area (Å²) < 4.78 is 28.3. The number of carboxylic acids is 1. The number of aliphatic carboxylic acids is 1. The molecule has 1 aliphatic rings. The standard InChI is InChI=1S/C61H100O12/c1-4-7-10-13-16-19-22-25-26-27-28-31-32-35-38-41-44-47-53(62)69-50-52(71-54(63)48-45-42-39-36-33-29-23-20-17-14-11-8-5-2)51-70-61-59(57(66)56(65)58(73-61)60(67)68)72-55(64)49-46-43-40-37-34-30-24-21-18-15-12-9-6-3/h7,10,12,15-16,19,21,24-26,28,31,35,38,52,56-59,61,65-66H,4-6,8-9,11,13-14,17-18,20,22-23,27,29-30,32-34,36-37,39-51H2,1-3H3,(H,67,68)/b10-7-,15-12-,19-16-,24-21-,26-25-,31-28-,38-35-. The third-order valence-corrected chi connectivity index (χ3v) is 12.4. The second-order valence-electron chi connectivity index (χ2n) is 19.2. The number of hydrogen-bond acceptors (Lipinski definition) is 11. The van der Waals surface area contributed by atoms with E-state index in [9.17, 15) is 34.5 Å². The van der Waals surface area contributed by atoms with E-state index < -0.39 is 67.3 Å². The Morgan fingerprint density at radius 3 is 1.41 bits per heavy atom. The van der Waals surface area contributed by atoms with Crippen molar-refractivity contribution in [3.05, 3.63) is 85.1 Å². The van der Waals surface area contributed by atoms with Gasteiger partial charge in [-0.3, -0.25) is 14.4 Å². The minimum absolute atomic E-state index is 0.0366. The number of unbranched alkanes of at least 4 members (excludes halogenated alkanes) is 19. The lowest BCUT2D eigenvalue weighted by Gasteiger charge is -2.40. The zero-order chi connectivity index (χ0) is 53.3. The Bertz CT molecular complexity index is 1590. The van der Waals surface area contributed by atoms with Crippen LogP contribution in [-0.2, 0) is 42.9 Å². The second-order valence-corrected chi connectivity index (χ2v) is 19.2. The van der Waals surface area contributed by atoms with Crippen LogP contribution in [0.2, 0.25) is 0 Å². The molecule has 0 aromatic heterocycles. The summed E-state index contributed by atoms with van der Waals surface area (Å²) in [6.45, 7) is 5.74. The molecule has 1 saturated heterocycles. The van der Waals surface area contributed by atoms with Crippen molar-refractivity contribution in [2.24, 2.45) is 0 Å². The van der Waals surface area contributed by atoms with E-state index in [-0.39, 0.29) is 25.9 Å². The van der Waals surface area contributed by atoms with E-state index in [1.807, 2.05) is 6.08 Å². The molecule has 0 aromatic rings. The van der Waals surface area contributed by atoms with E-state index in [0.29, 0.717) is 25.7 Å². The number of esters is 3. The van der Waals surface area contributed by atoms with Crippen molar-refractivity contribution in [2.75, 3.05) is 13.2 Å². The van der Waals surface area contributed by atoms with Crippen LogP contribution in [0.4, 0.5) is 0 Å². The first-order valence-corrected chi connectivity index (χ1v) is 28.6. The number of hydrogen-bond donors (Lipinski definition) is 3. The van der Waals surface area contributed by atoms with Gasteiger partial charge in [0.25, 0.3) is 0 Å². The zero-order valence-electron chi connectivity index (χ0n) is 45.6. The molecular formula is C61H100O12. The highest BCUT2D eigenvalue weighted by atomic mass is 16.7. The number of allylic oxidation sites excluding steroid dienone is 14. The molecule has 6 unspecified atom stereocenters. The van der Waals surface area contributed by atoms with Crippen LogP contribution in [0.25, 0.3) is 0 Å². The Kier molecular flexibility index (Phi) is 44.7. The van der Waals surface area contributed by atoms with Gasteiger partial charge in [-0.15, -0.1) is 0 Å². The molecule has 12 heteroatoms. The summed E-state index contributed by atoms with van der Waals surface area (Å²) in [6, 6.07) is 0. The average Bonchev–Trinajstić information content (AvgIpc) is 3.37. The first-order valence-electron chi connectivity index (χ1n) is 28.6. The van der Waals surface area contributed by atoms with Gasteiger partial charge in [0.1, 0.15) is 18.8 Å². The maximum absolute atomic E-state index is 13.1. The minimum atomic E-state index is -1.92. The normalized spacial score (nSPS) is 18.9. The fourth-order valence-electron chi connectivity index (χ4n) is 8.09. The molecule has 0 saturated carbocycles. The number of carboxylic acid groups (broad SMARTS) is 1. The number of rotatable bonds is 47. The number of carbonyl (C=O) groups is 4. The highest BCUT2D eigenvalue weighted by molar-refractivity contribution is 5.74. The average molecular weight is 1030 g/mol. The van der Waals surface area contributed by atoms with Gasteiger partial charge in [0.15, 0.2) is 24.6 Å². The van der Waals surface area contributed by atoms with E-state index in [0.717, 1.165) is 103 Å². The van der Waals surface area contributed by atoms with Crippen LogP contribution in [0.3, 0.4) is 0 Å². The van der Waals surface area contributed by atoms with Crippen LogP contribution < -0.4 is 0 Å². The molecular weight excluding hydrogens is 925 g/mol. The molecule has 1 fully saturated rings. The lowest BCUT2D eigenvalue weighted by atomic mass is 9.98. The van der Waals surface area contributed by atoms with Crippen LogP contribution >= 0.6 is 0 Å². The van der Waals surface area contributed by atoms with Gasteiger partial charge in [-0.2, -0.15) is 0 Å². The number of aliphatic hydroxyl groups excluding tert-OH is 2. The lowest BCUT2D eigenvalue weighted by Crippen LogP contribution is -2.61. The number of aliphatic hydroxyl groups is 2. The molecule has 1 aliphatic heterocycles. The fraction of sp³-hybridized carbons (Fsp3) is 0.705. The molecule has 0 aliphatic carbocycles. The fourth-order valence-corrected chi connectivity index (χ4v) is 8.09. The summed E-state index contributed by atoms with van der Waals surface area (Å²) in [6.07, 6.45) is 49.9. The van der Waals surface area contributed by atoms with Crippen molar-refractivity contribution >= 4 is 23.9 Å². The highest BCUT2D eigenvalue weighted by Crippen LogP contribution is 2.26. The molecule has 0 spiro atoms. The smallest absolute Gasteiger partial charge is 0.335 e. The van der Waals surface area contributed by atoms with E-state index in [1.165, 1.54) is 57.8 Å². The van der Waals surface area contributed by atoms with E-state index >= 15 is 0 Å². The van der Waals surface area contributed by atoms with E-state index in [4.69, 9.17) is 23.7 Å². The quantitative estimate of drug-likeness (QED) is 0.0228. The molecule has 6 atom stereocenters. The second kappa shape index (κ2) is 48.8. The van der Waals surface area contributed by atoms with Gasteiger partial charge in [-0.1, -0.05) is 209 Å². The topological polar surface area (TPSA) is 175 Å². The first kappa shape index (κ1) is 66.9. The lowest BCUT2D eigenvalue weighted by molar-refractivity contribution is -0.301. The maximum atomic E-state index is 13.1. The summed E-state index contributed by atoms with van der Waals surface area (Å²) >= 11 is 0. The van der Waals surface area contributed by atoms with Crippen LogP contribution in [0.1, 0.15) is 226 Å². The maximum Gasteiger partial charge on any atom is 0.335 e. The van der Waals surface area contributed by atoms with Gasteiger partial charge in [-0.05, 0) is 83.5 Å². The van der Waals surface area contributed by atoms with E-state index in [2.05, 4.69) is 99.8 Å². The molecule has 1 rings (SSSR count). The molecule has 0 amide bonds. The third kappa shape index (κ3) is 39.0. The summed E-state index contributed by atoms with van der Waals surface area (Å²) in [7, 11) is 0. The largest absolute Gasteiger partial charge is 0.479 e. The van der Waals surface area contributed by atoms with Crippen LogP contribution in [0.15, 0.2) is 85.1 Å². The number of carbonyl (C=O) groups excluding carboxylic acids is 3. The molecule has 73 heavy (non-hydrogen) atoms. The molecule has 12 nitrogen and oxygen atoms in total. The molecule has 0 bridgehead atoms. The van der Waals surface area contributed by atoms with Crippen LogP contribution in [0.5, 0.6) is 0 Å². The molecule has 3 N–H and O–H groups in total. The SMILES string of the molecule is CC/C=C\C/C=C\C/C=C\C/C=C\C/C=C\CCCC(=O)OCC(COC1OC(C(=O)O)C(O)C(O)C1OC(=O)CCCCCCC/C=C\C/C=C\CCC)OC(=O)CCCCCCCCCCCCCCC. The van der Waals surface area contributed by atoms with Crippen molar-refractivity contribution in [1.29, 1.82) is 0 Å². The monoisotopic (exact) mass is 1020 g/mol. The highest BCUT2D eigenvalue weighted by Gasteiger charge is 2.50. The van der Waals surface area contributed by atoms with Crippen molar-refractivity contribution < 1.29 is 58.2 Å². The molecule has 0 radical (unpaired) electrons. The van der Waals surface area contributed by atoms with Crippen LogP contribution in [0, 0.1) is 0 Å². The van der Waals surface area contributed by atoms with Crippen LogP contribution in [-0.4, -0.2) is 89.2 Å². The minimum Gasteiger partial charge on any atom is -0.479 e. The van der Waals surface area contributed by atoms with E-state index in [1.54, 1.807) is 0 Å². The first-order chi connectivity index (χ1) is 35.6. The van der Waals surface area contributed by atoms with Gasteiger partial charge in [0.2, 0.25) is 0 Å². The zero-order valence-corrected chi connectivity index (χ0v) is 45.6. The van der Waals surface area contributed by atoms with Crippen molar-refractivity contribution in [3.8, 4) is 0 Å². The Balaban J connectivity index is 2.75. The summed E-state index contributed by atoms with van der Waals surface area (Å²) in [5.74, 6) is -3.22. The summed E-state index contributed by atoms with van der Waals surface area (Å²) in [5.41, 5.74) is 0. The Morgan fingerprint density at radius 1 is 0.466 bits per heavy atom. The molecule has 1 heterocycles. The summed E-state index contributed by atoms with van der Waals surface area (Å²) in [5, 5.41) is 31.4. The van der Waals surface area contributed by atoms with Gasteiger partial charge in [-0.25, -0.2) is 4.79 Å². The van der Waals surface area contributed by atoms with Gasteiger partial charge < -0.3 is 39.0 Å². The molecule has 0 aromatic carbocycles. The van der Waals surface area contributed by atoms with Crippen molar-refractivity contribution in [1.82, 2.24) is 0 Å². The number of ether oxygens (including phenoxy) is 5. The van der Waals surface area contributed by atoms with Gasteiger partial charge >= 0.3 is 23.9 Å². The van der Waals surface area contributed by atoms with Gasteiger partial charge in [0.05, 0.1) is 6.61 Å². The third-order valence-electron chi connectivity index (χ3n) is 12.4.